The number of rotatable bonds is 42. The molecule has 6 N–H and O–H groups in total. The number of hydrazone groups is 1. The Morgan fingerprint density at radius 1 is 0.500 bits per heavy atom. The van der Waals surface area contributed by atoms with Crippen molar-refractivity contribution >= 4 is 35.8 Å². The van der Waals surface area contributed by atoms with Gasteiger partial charge in [-0.15, -0.1) is 5.10 Å². The predicted octanol–water partition coefficient (Wildman–Crippen LogP) is 9.20. The van der Waals surface area contributed by atoms with Crippen LogP contribution in [0.15, 0.2) is 5.10 Å². The molecule has 0 aromatic heterocycles. The zero-order valence-corrected chi connectivity index (χ0v) is 44.6. The average molecular weight is 971 g/mol. The number of nitrogens with one attached hydrogen (secondary N) is 1. The second-order valence-corrected chi connectivity index (χ2v) is 20.9. The Bertz CT molecular complexity index is 1480. The van der Waals surface area contributed by atoms with Gasteiger partial charge in [-0.05, 0) is 86.5 Å². The molecule has 0 aliphatic carbocycles. The standard InChI is InChI=1S/C52H98N4O12/c1-12-15-17-18-19-20-21-22-23-24-25-26-27-28-29-30-32-66-45(61)50(7,37-48(4,5)42(58)67-34-33-63-10)39-52(9,46(62)65-31-16-13-2)40-51(8,43(59)64-11)38-49(6,14-3)44(60)68-36-41(57)35-55-56-47(53)54/h41,55,57H,12-40H2,1-11H3,(H4,53,54,56). The lowest BCUT2D eigenvalue weighted by Gasteiger charge is -2.44. The Morgan fingerprint density at radius 2 is 0.897 bits per heavy atom. The quantitative estimate of drug-likeness (QED) is 0.0111. The molecule has 0 radical (unpaired) electrons. The summed E-state index contributed by atoms with van der Waals surface area (Å²) in [7, 11) is 2.73. The van der Waals surface area contributed by atoms with E-state index in [1.807, 2.05) is 6.92 Å². The number of guanidine groups is 1. The maximum absolute atomic E-state index is 14.5. The number of nitrogens with zero attached hydrogens (tertiary/aromatic N) is 1. The van der Waals surface area contributed by atoms with E-state index in [-0.39, 0.29) is 77.6 Å². The summed E-state index contributed by atoms with van der Waals surface area (Å²) in [5.74, 6) is -3.38. The van der Waals surface area contributed by atoms with E-state index in [0.717, 1.165) is 25.7 Å². The van der Waals surface area contributed by atoms with Crippen molar-refractivity contribution in [1.82, 2.24) is 5.43 Å². The Kier molecular flexibility index (Phi) is 32.7. The Labute approximate surface area is 411 Å². The van der Waals surface area contributed by atoms with Crippen LogP contribution >= 0.6 is 0 Å². The average Bonchev–Trinajstić information content (AvgIpc) is 3.28. The summed E-state index contributed by atoms with van der Waals surface area (Å²) in [5.41, 5.74) is 6.09. The van der Waals surface area contributed by atoms with Crippen LogP contribution in [0.1, 0.15) is 210 Å². The van der Waals surface area contributed by atoms with Crippen molar-refractivity contribution in [3.63, 3.8) is 0 Å². The van der Waals surface area contributed by atoms with Gasteiger partial charge < -0.3 is 50.4 Å². The molecular formula is C52H98N4O12. The highest BCUT2D eigenvalue weighted by atomic mass is 16.6. The van der Waals surface area contributed by atoms with Gasteiger partial charge in [0, 0.05) is 7.11 Å². The van der Waals surface area contributed by atoms with E-state index in [9.17, 15) is 29.1 Å². The molecule has 5 unspecified atom stereocenters. The molecule has 0 aliphatic rings. The molecule has 398 valence electrons. The lowest BCUT2D eigenvalue weighted by Crippen LogP contribution is -2.49. The zero-order chi connectivity index (χ0) is 51.7. The van der Waals surface area contributed by atoms with Gasteiger partial charge in [-0.25, -0.2) is 0 Å². The fourth-order valence-electron chi connectivity index (χ4n) is 9.37. The van der Waals surface area contributed by atoms with Crippen molar-refractivity contribution in [1.29, 1.82) is 0 Å². The third-order valence-corrected chi connectivity index (χ3v) is 13.1. The van der Waals surface area contributed by atoms with Crippen molar-refractivity contribution in [2.45, 2.75) is 216 Å². The number of hydrogen-bond donors (Lipinski definition) is 4. The van der Waals surface area contributed by atoms with Crippen molar-refractivity contribution in [2.24, 2.45) is 43.6 Å². The van der Waals surface area contributed by atoms with E-state index in [2.05, 4.69) is 17.5 Å². The molecule has 0 aliphatic heterocycles. The molecule has 0 aromatic carbocycles. The van der Waals surface area contributed by atoms with Crippen molar-refractivity contribution in [3.05, 3.63) is 0 Å². The summed E-state index contributed by atoms with van der Waals surface area (Å²) in [5, 5.41) is 14.0. The van der Waals surface area contributed by atoms with Crippen LogP contribution in [0.3, 0.4) is 0 Å². The van der Waals surface area contributed by atoms with Crippen molar-refractivity contribution in [3.8, 4) is 0 Å². The maximum Gasteiger partial charge on any atom is 0.311 e. The molecule has 5 atom stereocenters. The van der Waals surface area contributed by atoms with Crippen LogP contribution in [-0.4, -0.2) is 101 Å². The summed E-state index contributed by atoms with van der Waals surface area (Å²) < 4.78 is 33.5. The minimum atomic E-state index is -1.56. The van der Waals surface area contributed by atoms with E-state index < -0.39 is 63.0 Å². The number of aliphatic hydroxyl groups is 1. The first-order chi connectivity index (χ1) is 32.0. The molecule has 0 saturated heterocycles. The molecule has 68 heavy (non-hydrogen) atoms. The minimum Gasteiger partial charge on any atom is -0.469 e. The van der Waals surface area contributed by atoms with Gasteiger partial charge in [0.25, 0.3) is 0 Å². The fourth-order valence-corrected chi connectivity index (χ4v) is 9.37. The molecule has 0 fully saturated rings. The first-order valence-corrected chi connectivity index (χ1v) is 25.8. The Morgan fingerprint density at radius 3 is 1.34 bits per heavy atom. The molecule has 0 aromatic rings. The third kappa shape index (κ3) is 25.8. The minimum absolute atomic E-state index is 0.0184. The summed E-state index contributed by atoms with van der Waals surface area (Å²) in [4.78, 5) is 70.4. The summed E-state index contributed by atoms with van der Waals surface area (Å²) in [6.45, 7) is 15.9. The Balaban J connectivity index is 6.41. The van der Waals surface area contributed by atoms with Crippen LogP contribution < -0.4 is 16.9 Å². The molecule has 16 heteroatoms. The number of hydrogen-bond acceptors (Lipinski definition) is 14. The van der Waals surface area contributed by atoms with E-state index in [4.69, 9.17) is 39.9 Å². The number of ether oxygens (including phenoxy) is 6. The lowest BCUT2D eigenvalue weighted by molar-refractivity contribution is -0.174. The SMILES string of the molecule is CCCCCCCCCCCCCCCCCCOC(=O)C(C)(CC(C)(C)C(=O)OCCOC)CC(C)(CC(C)(CC(C)(CC)C(=O)OCC(O)CNN=C(N)N)C(=O)OC)C(=O)OCCCC. The monoisotopic (exact) mass is 971 g/mol. The van der Waals surface area contributed by atoms with Gasteiger partial charge in [-0.2, -0.15) is 0 Å². The first-order valence-electron chi connectivity index (χ1n) is 25.8. The highest BCUT2D eigenvalue weighted by Crippen LogP contribution is 2.52. The highest BCUT2D eigenvalue weighted by molar-refractivity contribution is 5.85. The molecule has 0 saturated carbocycles. The highest BCUT2D eigenvalue weighted by Gasteiger charge is 2.55. The van der Waals surface area contributed by atoms with Gasteiger partial charge in [-0.1, -0.05) is 124 Å². The second kappa shape index (κ2) is 34.6. The van der Waals surface area contributed by atoms with Crippen LogP contribution in [0.4, 0.5) is 0 Å². The molecule has 0 heterocycles. The largest absolute Gasteiger partial charge is 0.469 e. The van der Waals surface area contributed by atoms with Crippen LogP contribution in [-0.2, 0) is 52.4 Å². The number of esters is 5. The maximum atomic E-state index is 14.5. The Hall–Kier alpha value is -3.66. The molecule has 0 spiro atoms. The summed E-state index contributed by atoms with van der Waals surface area (Å²) >= 11 is 0. The number of aliphatic hydroxyl groups excluding tert-OH is 1. The number of unbranched alkanes of at least 4 members (excludes halogenated alkanes) is 16. The normalized spacial score (nSPS) is 15.6. The van der Waals surface area contributed by atoms with Crippen molar-refractivity contribution in [2.75, 3.05) is 53.8 Å². The van der Waals surface area contributed by atoms with E-state index >= 15 is 0 Å². The lowest BCUT2D eigenvalue weighted by atomic mass is 9.59. The van der Waals surface area contributed by atoms with Gasteiger partial charge in [0.05, 0.1) is 60.6 Å². The number of methoxy groups -OCH3 is 2. The van der Waals surface area contributed by atoms with Gasteiger partial charge in [0.1, 0.15) is 19.3 Å². The molecular weight excluding hydrogens is 873 g/mol. The molecule has 0 rings (SSSR count). The topological polar surface area (TPSA) is 237 Å². The fraction of sp³-hybridized carbons (Fsp3) is 0.885. The smallest absolute Gasteiger partial charge is 0.311 e. The van der Waals surface area contributed by atoms with Gasteiger partial charge in [-0.3, -0.25) is 24.0 Å². The van der Waals surface area contributed by atoms with E-state index in [1.54, 1.807) is 48.5 Å². The van der Waals surface area contributed by atoms with E-state index in [1.165, 1.54) is 91.3 Å². The van der Waals surface area contributed by atoms with Crippen LogP contribution in [0.25, 0.3) is 0 Å². The summed E-state index contributed by atoms with van der Waals surface area (Å²) in [6.07, 6.45) is 19.3. The van der Waals surface area contributed by atoms with Gasteiger partial charge >= 0.3 is 29.8 Å². The van der Waals surface area contributed by atoms with Crippen molar-refractivity contribution < 1.29 is 57.5 Å². The molecule has 16 nitrogen and oxygen atoms in total. The predicted molar refractivity (Wildman–Crippen MR) is 267 cm³/mol. The first kappa shape index (κ1) is 64.3. The molecule has 0 bridgehead atoms. The van der Waals surface area contributed by atoms with Crippen LogP contribution in [0.2, 0.25) is 0 Å². The molecule has 0 amide bonds. The summed E-state index contributed by atoms with van der Waals surface area (Å²) in [6, 6.07) is 0. The second-order valence-electron chi connectivity index (χ2n) is 20.9. The van der Waals surface area contributed by atoms with E-state index in [0.29, 0.717) is 12.8 Å². The number of carbonyl (C=O) groups excluding carboxylic acids is 5. The number of nitrogens with two attached hydrogens (primary N) is 2. The van der Waals surface area contributed by atoms with Crippen LogP contribution in [0.5, 0.6) is 0 Å². The zero-order valence-electron chi connectivity index (χ0n) is 44.6. The van der Waals surface area contributed by atoms with Gasteiger partial charge in [0.2, 0.25) is 5.96 Å². The van der Waals surface area contributed by atoms with Crippen LogP contribution in [0, 0.1) is 27.1 Å². The third-order valence-electron chi connectivity index (χ3n) is 13.1. The van der Waals surface area contributed by atoms with Gasteiger partial charge in [0.15, 0.2) is 0 Å². The number of carbonyl (C=O) groups is 5.